The molecular formula is C32H31N5O4S. The van der Waals surface area contributed by atoms with Gasteiger partial charge in [-0.1, -0.05) is 42.5 Å². The van der Waals surface area contributed by atoms with Crippen LogP contribution in [0.15, 0.2) is 83.8 Å². The van der Waals surface area contributed by atoms with Gasteiger partial charge < -0.3 is 20.5 Å². The highest BCUT2D eigenvalue weighted by Gasteiger charge is 2.23. The number of amides is 2. The van der Waals surface area contributed by atoms with Crippen molar-refractivity contribution in [2.45, 2.75) is 11.8 Å². The maximum atomic E-state index is 13.3. The number of aromatic amines is 1. The maximum absolute atomic E-state index is 13.3. The molecule has 0 atom stereocenters. The summed E-state index contributed by atoms with van der Waals surface area (Å²) < 4.78 is 28.9. The Kier molecular flexibility index (Phi) is 6.96. The molecule has 42 heavy (non-hydrogen) atoms. The number of nitrogens with zero attached hydrogens (tertiary/aromatic N) is 2. The summed E-state index contributed by atoms with van der Waals surface area (Å²) in [5.41, 5.74) is 10.7. The number of carbonyl (C=O) groups excluding carboxylic acids is 2. The van der Waals surface area contributed by atoms with Crippen LogP contribution in [0, 0.1) is 6.92 Å². The third kappa shape index (κ3) is 4.88. The lowest BCUT2D eigenvalue weighted by molar-refractivity contribution is 0.0664. The fourth-order valence-corrected chi connectivity index (χ4v) is 6.75. The van der Waals surface area contributed by atoms with Crippen molar-refractivity contribution in [3.8, 4) is 11.1 Å². The largest absolute Gasteiger partial charge is 0.366 e. The van der Waals surface area contributed by atoms with E-state index in [2.05, 4.69) is 14.6 Å². The molecule has 0 saturated carbocycles. The van der Waals surface area contributed by atoms with Crippen molar-refractivity contribution >= 4 is 49.3 Å². The van der Waals surface area contributed by atoms with Crippen LogP contribution in [0.5, 0.6) is 0 Å². The second-order valence-corrected chi connectivity index (χ2v) is 12.3. The second kappa shape index (κ2) is 10.6. The minimum atomic E-state index is -3.80. The Hall–Kier alpha value is -4.67. The Labute approximate surface area is 244 Å². The number of nitrogens with one attached hydrogen (secondary N) is 2. The van der Waals surface area contributed by atoms with Crippen LogP contribution >= 0.6 is 0 Å². The Bertz CT molecular complexity index is 1960. The van der Waals surface area contributed by atoms with Gasteiger partial charge in [-0.15, -0.1) is 0 Å². The number of anilines is 1. The minimum Gasteiger partial charge on any atom is -0.366 e. The van der Waals surface area contributed by atoms with Crippen molar-refractivity contribution in [2.24, 2.45) is 5.73 Å². The van der Waals surface area contributed by atoms with Crippen molar-refractivity contribution in [1.82, 2.24) is 14.8 Å². The van der Waals surface area contributed by atoms with Crippen LogP contribution in [-0.4, -0.2) is 68.2 Å². The van der Waals surface area contributed by atoms with Gasteiger partial charge in [-0.3, -0.25) is 14.3 Å². The number of carbonyl (C=O) groups is 2. The lowest BCUT2D eigenvalue weighted by Gasteiger charge is -2.32. The van der Waals surface area contributed by atoms with E-state index in [1.807, 2.05) is 49.2 Å². The van der Waals surface area contributed by atoms with Crippen LogP contribution in [0.4, 0.5) is 5.69 Å². The molecule has 0 aliphatic carbocycles. The molecule has 214 valence electrons. The van der Waals surface area contributed by atoms with Gasteiger partial charge in [0.2, 0.25) is 0 Å². The molecule has 0 spiro atoms. The average Bonchev–Trinajstić information content (AvgIpc) is 3.37. The predicted octanol–water partition coefficient (Wildman–Crippen LogP) is 4.58. The summed E-state index contributed by atoms with van der Waals surface area (Å²) in [6, 6.07) is 22.7. The fraction of sp³-hybridized carbons (Fsp3) is 0.188. The number of hydrogen-bond acceptors (Lipinski definition) is 5. The van der Waals surface area contributed by atoms with Gasteiger partial charge in [0.1, 0.15) is 0 Å². The molecule has 1 aliphatic rings. The second-order valence-electron chi connectivity index (χ2n) is 10.7. The first-order valence-electron chi connectivity index (χ1n) is 13.7. The lowest BCUT2D eigenvalue weighted by Crippen LogP contribution is -2.47. The van der Waals surface area contributed by atoms with Crippen molar-refractivity contribution in [3.63, 3.8) is 0 Å². The summed E-state index contributed by atoms with van der Waals surface area (Å²) >= 11 is 0. The van der Waals surface area contributed by atoms with Crippen LogP contribution < -0.4 is 10.5 Å². The molecule has 6 rings (SSSR count). The zero-order chi connectivity index (χ0) is 29.6. The number of fused-ring (bicyclic) bond motifs is 3. The van der Waals surface area contributed by atoms with Gasteiger partial charge in [0.25, 0.3) is 21.8 Å². The number of rotatable bonds is 6. The summed E-state index contributed by atoms with van der Waals surface area (Å²) in [6.45, 7) is 4.84. The summed E-state index contributed by atoms with van der Waals surface area (Å²) in [4.78, 5) is 33.3. The first kappa shape index (κ1) is 27.5. The van der Waals surface area contributed by atoms with Crippen LogP contribution in [0.1, 0.15) is 26.3 Å². The summed E-state index contributed by atoms with van der Waals surface area (Å²) in [5, 5.41) is 1.60. The van der Waals surface area contributed by atoms with E-state index in [0.29, 0.717) is 40.9 Å². The van der Waals surface area contributed by atoms with E-state index in [1.165, 1.54) is 0 Å². The zero-order valence-electron chi connectivity index (χ0n) is 23.3. The highest BCUT2D eigenvalue weighted by Crippen LogP contribution is 2.39. The minimum absolute atomic E-state index is 0.0340. The highest BCUT2D eigenvalue weighted by atomic mass is 32.2. The van der Waals surface area contributed by atoms with Crippen LogP contribution in [0.2, 0.25) is 0 Å². The van der Waals surface area contributed by atoms with Gasteiger partial charge in [0, 0.05) is 48.0 Å². The quantitative estimate of drug-likeness (QED) is 0.270. The van der Waals surface area contributed by atoms with E-state index in [9.17, 15) is 18.0 Å². The molecule has 5 aromatic rings. The molecule has 4 N–H and O–H groups in total. The van der Waals surface area contributed by atoms with Gasteiger partial charge in [-0.05, 0) is 67.1 Å². The third-order valence-corrected chi connectivity index (χ3v) is 9.36. The number of hydrogen-bond donors (Lipinski definition) is 3. The van der Waals surface area contributed by atoms with Crippen molar-refractivity contribution in [2.75, 3.05) is 37.9 Å². The molecule has 4 aromatic carbocycles. The number of nitrogens with two attached hydrogens (primary N) is 1. The molecule has 0 unspecified atom stereocenters. The van der Waals surface area contributed by atoms with E-state index in [4.69, 9.17) is 5.73 Å². The zero-order valence-corrected chi connectivity index (χ0v) is 24.2. The van der Waals surface area contributed by atoms with Crippen LogP contribution in [-0.2, 0) is 10.0 Å². The Balaban J connectivity index is 1.46. The third-order valence-electron chi connectivity index (χ3n) is 7.98. The number of piperazine rings is 1. The standard InChI is InChI=1S/C32H31N5O4S/c1-20-23(9-6-10-27(20)35-42(40,41)22-7-4-3-5-8-22)24-13-14-26(31(33)38)30-29(24)25-12-11-21(19-28(25)34-30)32(39)37-17-15-36(2)16-18-37/h3-14,19,34-35H,15-18H2,1-2H3,(H2,33,38). The van der Waals surface area contributed by atoms with Crippen molar-refractivity contribution in [3.05, 3.63) is 95.6 Å². The monoisotopic (exact) mass is 581 g/mol. The first-order valence-corrected chi connectivity index (χ1v) is 15.2. The summed E-state index contributed by atoms with van der Waals surface area (Å²) in [5.74, 6) is -0.610. The van der Waals surface area contributed by atoms with Gasteiger partial charge in [0.15, 0.2) is 0 Å². The van der Waals surface area contributed by atoms with E-state index >= 15 is 0 Å². The Morgan fingerprint density at radius 3 is 2.33 bits per heavy atom. The Morgan fingerprint density at radius 2 is 1.62 bits per heavy atom. The Morgan fingerprint density at radius 1 is 0.881 bits per heavy atom. The van der Waals surface area contributed by atoms with E-state index < -0.39 is 15.9 Å². The molecule has 2 amide bonds. The fourth-order valence-electron chi connectivity index (χ4n) is 5.61. The van der Waals surface area contributed by atoms with Gasteiger partial charge in [0.05, 0.1) is 21.7 Å². The van der Waals surface area contributed by atoms with E-state index in [1.54, 1.807) is 48.5 Å². The van der Waals surface area contributed by atoms with Crippen molar-refractivity contribution in [1.29, 1.82) is 0 Å². The number of sulfonamides is 1. The molecular weight excluding hydrogens is 550 g/mol. The smallest absolute Gasteiger partial charge is 0.261 e. The molecule has 1 aromatic heterocycles. The normalized spacial score (nSPS) is 14.4. The van der Waals surface area contributed by atoms with Crippen LogP contribution in [0.25, 0.3) is 32.9 Å². The van der Waals surface area contributed by atoms with Crippen molar-refractivity contribution < 1.29 is 18.0 Å². The molecule has 0 bridgehead atoms. The molecule has 1 fully saturated rings. The molecule has 1 aliphatic heterocycles. The first-order chi connectivity index (χ1) is 20.1. The average molecular weight is 582 g/mol. The number of likely N-dealkylation sites (N-methyl/N-ethyl adjacent to an activating group) is 1. The summed E-state index contributed by atoms with van der Waals surface area (Å²) in [7, 11) is -1.76. The SMILES string of the molecule is Cc1c(NS(=O)(=O)c2ccccc2)cccc1-c1ccc(C(N)=O)c2[nH]c3cc(C(=O)N4CCN(C)CC4)ccc3c12. The maximum Gasteiger partial charge on any atom is 0.261 e. The topological polar surface area (TPSA) is 129 Å². The number of aromatic nitrogens is 1. The highest BCUT2D eigenvalue weighted by molar-refractivity contribution is 7.92. The van der Waals surface area contributed by atoms with E-state index in [-0.39, 0.29) is 10.8 Å². The van der Waals surface area contributed by atoms with Crippen LogP contribution in [0.3, 0.4) is 0 Å². The lowest BCUT2D eigenvalue weighted by atomic mass is 9.93. The molecule has 2 heterocycles. The van der Waals surface area contributed by atoms with Gasteiger partial charge >= 0.3 is 0 Å². The number of primary amides is 1. The molecule has 9 nitrogen and oxygen atoms in total. The number of H-pyrrole nitrogens is 1. The predicted molar refractivity (Wildman–Crippen MR) is 165 cm³/mol. The molecule has 0 radical (unpaired) electrons. The number of benzene rings is 4. The van der Waals surface area contributed by atoms with Gasteiger partial charge in [-0.2, -0.15) is 0 Å². The molecule has 1 saturated heterocycles. The van der Waals surface area contributed by atoms with Gasteiger partial charge in [-0.25, -0.2) is 8.42 Å². The molecule has 10 heteroatoms. The summed E-state index contributed by atoms with van der Waals surface area (Å²) in [6.07, 6.45) is 0. The van der Waals surface area contributed by atoms with E-state index in [0.717, 1.165) is 40.6 Å².